The number of benzene rings is 2. The molecule has 0 fully saturated rings. The van der Waals surface area contributed by atoms with Crippen LogP contribution in [0, 0.1) is 13.8 Å². The Morgan fingerprint density at radius 3 is 2.22 bits per heavy atom. The van der Waals surface area contributed by atoms with Gasteiger partial charge in [0.1, 0.15) is 12.6 Å². The zero-order valence-electron chi connectivity index (χ0n) is 21.5. The van der Waals surface area contributed by atoms with Crippen molar-refractivity contribution in [2.75, 3.05) is 23.7 Å². The molecule has 0 aliphatic rings. The predicted molar refractivity (Wildman–Crippen MR) is 147 cm³/mol. The topological polar surface area (TPSA) is 86.8 Å². The number of amides is 2. The van der Waals surface area contributed by atoms with Gasteiger partial charge in [-0.15, -0.1) is 0 Å². The molecular formula is C26H35Cl2N3O4S. The standard InChI is InChI=1S/C26H35Cl2N3O4S/c1-6-8-14-29-26(33)23(7-2)30(16-20-12-13-21(27)15-22(20)28)24(32)17-31(36(5,34)35)25-18(3)10-9-11-19(25)4/h9-13,15,23H,6-8,14,16-17H2,1-5H3,(H,29,33)/t23-/m1/s1. The van der Waals surface area contributed by atoms with E-state index in [0.29, 0.717) is 34.3 Å². The van der Waals surface area contributed by atoms with Gasteiger partial charge < -0.3 is 10.2 Å². The van der Waals surface area contributed by atoms with Gasteiger partial charge in [0.25, 0.3) is 0 Å². The summed E-state index contributed by atoms with van der Waals surface area (Å²) >= 11 is 12.4. The van der Waals surface area contributed by atoms with Gasteiger partial charge in [-0.05, 0) is 55.5 Å². The number of hydrogen-bond acceptors (Lipinski definition) is 4. The molecule has 10 heteroatoms. The van der Waals surface area contributed by atoms with Gasteiger partial charge in [0.15, 0.2) is 0 Å². The molecule has 7 nitrogen and oxygen atoms in total. The summed E-state index contributed by atoms with van der Waals surface area (Å²) in [7, 11) is -3.81. The number of nitrogens with one attached hydrogen (secondary N) is 1. The van der Waals surface area contributed by atoms with E-state index in [1.165, 1.54) is 4.90 Å². The van der Waals surface area contributed by atoms with Gasteiger partial charge in [0.05, 0.1) is 11.9 Å². The Kier molecular flexibility index (Phi) is 11.1. The Labute approximate surface area is 224 Å². The Hall–Kier alpha value is -2.29. The summed E-state index contributed by atoms with van der Waals surface area (Å²) in [5, 5.41) is 3.70. The van der Waals surface area contributed by atoms with Crippen LogP contribution in [0.3, 0.4) is 0 Å². The number of rotatable bonds is 12. The van der Waals surface area contributed by atoms with E-state index in [9.17, 15) is 18.0 Å². The number of carbonyl (C=O) groups is 2. The molecule has 2 rings (SSSR count). The summed E-state index contributed by atoms with van der Waals surface area (Å²) in [6.45, 7) is 7.50. The summed E-state index contributed by atoms with van der Waals surface area (Å²) < 4.78 is 26.8. The minimum Gasteiger partial charge on any atom is -0.354 e. The maximum Gasteiger partial charge on any atom is 0.244 e. The lowest BCUT2D eigenvalue weighted by Gasteiger charge is -2.33. The molecule has 0 aliphatic carbocycles. The lowest BCUT2D eigenvalue weighted by atomic mass is 10.1. The second kappa shape index (κ2) is 13.3. The van der Waals surface area contributed by atoms with Crippen LogP contribution in [-0.4, -0.2) is 50.5 Å². The van der Waals surface area contributed by atoms with Crippen LogP contribution in [0.2, 0.25) is 10.0 Å². The van der Waals surface area contributed by atoms with Crippen LogP contribution in [0.4, 0.5) is 5.69 Å². The fourth-order valence-electron chi connectivity index (χ4n) is 4.03. The maximum absolute atomic E-state index is 13.8. The Balaban J connectivity index is 2.50. The fraction of sp³-hybridized carbons (Fsp3) is 0.462. The molecule has 36 heavy (non-hydrogen) atoms. The summed E-state index contributed by atoms with van der Waals surface area (Å²) in [6, 6.07) is 9.56. The normalized spacial score (nSPS) is 12.2. The Morgan fingerprint density at radius 1 is 1.06 bits per heavy atom. The molecule has 0 aromatic heterocycles. The van der Waals surface area contributed by atoms with Gasteiger partial charge in [-0.2, -0.15) is 0 Å². The zero-order chi connectivity index (χ0) is 27.0. The molecule has 0 radical (unpaired) electrons. The first-order valence-electron chi connectivity index (χ1n) is 12.0. The third kappa shape index (κ3) is 7.85. The van der Waals surface area contributed by atoms with Crippen molar-refractivity contribution >= 4 is 50.7 Å². The van der Waals surface area contributed by atoms with E-state index in [1.54, 1.807) is 44.2 Å². The number of hydrogen-bond donors (Lipinski definition) is 1. The lowest BCUT2D eigenvalue weighted by Crippen LogP contribution is -2.52. The second-order valence-corrected chi connectivity index (χ2v) is 11.6. The van der Waals surface area contributed by atoms with Gasteiger partial charge >= 0.3 is 0 Å². The van der Waals surface area contributed by atoms with Gasteiger partial charge in [-0.3, -0.25) is 13.9 Å². The molecule has 2 amide bonds. The van der Waals surface area contributed by atoms with E-state index in [4.69, 9.17) is 23.2 Å². The summed E-state index contributed by atoms with van der Waals surface area (Å²) in [4.78, 5) is 28.3. The highest BCUT2D eigenvalue weighted by molar-refractivity contribution is 7.92. The average molecular weight is 557 g/mol. The highest BCUT2D eigenvalue weighted by atomic mass is 35.5. The zero-order valence-corrected chi connectivity index (χ0v) is 23.8. The van der Waals surface area contributed by atoms with Gasteiger partial charge in [0, 0.05) is 23.1 Å². The van der Waals surface area contributed by atoms with E-state index in [1.807, 2.05) is 19.9 Å². The number of halogens is 2. The van der Waals surface area contributed by atoms with E-state index in [-0.39, 0.29) is 12.5 Å². The number of sulfonamides is 1. The minimum atomic E-state index is -3.81. The largest absolute Gasteiger partial charge is 0.354 e. The summed E-state index contributed by atoms with van der Waals surface area (Å²) in [5.41, 5.74) is 2.51. The van der Waals surface area contributed by atoms with Crippen molar-refractivity contribution < 1.29 is 18.0 Å². The molecule has 198 valence electrons. The van der Waals surface area contributed by atoms with E-state index >= 15 is 0 Å². The fourth-order valence-corrected chi connectivity index (χ4v) is 5.47. The third-order valence-corrected chi connectivity index (χ3v) is 7.64. The van der Waals surface area contributed by atoms with Crippen molar-refractivity contribution in [3.63, 3.8) is 0 Å². The van der Waals surface area contributed by atoms with Crippen molar-refractivity contribution in [3.8, 4) is 0 Å². The molecule has 1 N–H and O–H groups in total. The van der Waals surface area contributed by atoms with Crippen LogP contribution >= 0.6 is 23.2 Å². The average Bonchev–Trinajstić information content (AvgIpc) is 2.79. The smallest absolute Gasteiger partial charge is 0.244 e. The summed E-state index contributed by atoms with van der Waals surface area (Å²) in [5.74, 6) is -0.797. The van der Waals surface area contributed by atoms with Crippen LogP contribution in [0.5, 0.6) is 0 Å². The molecular weight excluding hydrogens is 521 g/mol. The molecule has 0 heterocycles. The maximum atomic E-state index is 13.8. The number of para-hydroxylation sites is 1. The van der Waals surface area contributed by atoms with Gasteiger partial charge in [-0.1, -0.05) is 67.7 Å². The Bertz CT molecular complexity index is 1170. The molecule has 1 atom stereocenters. The van der Waals surface area contributed by atoms with Crippen LogP contribution in [0.15, 0.2) is 36.4 Å². The molecule has 0 bridgehead atoms. The molecule has 2 aromatic rings. The molecule has 0 unspecified atom stereocenters. The first-order chi connectivity index (χ1) is 16.9. The van der Waals surface area contributed by atoms with Crippen molar-refractivity contribution in [2.45, 2.75) is 59.5 Å². The SMILES string of the molecule is CCCCNC(=O)[C@@H](CC)N(Cc1ccc(Cl)cc1Cl)C(=O)CN(c1c(C)cccc1C)S(C)(=O)=O. The first kappa shape index (κ1) is 29.9. The monoisotopic (exact) mass is 555 g/mol. The van der Waals surface area contributed by atoms with E-state index < -0.39 is 28.5 Å². The minimum absolute atomic E-state index is 0.0267. The quantitative estimate of drug-likeness (QED) is 0.369. The van der Waals surface area contributed by atoms with Crippen LogP contribution < -0.4 is 9.62 Å². The highest BCUT2D eigenvalue weighted by Gasteiger charge is 2.32. The van der Waals surface area contributed by atoms with Gasteiger partial charge in [0.2, 0.25) is 21.8 Å². The molecule has 0 spiro atoms. The number of nitrogens with zero attached hydrogens (tertiary/aromatic N) is 2. The van der Waals surface area contributed by atoms with Crippen molar-refractivity contribution in [1.29, 1.82) is 0 Å². The predicted octanol–water partition coefficient (Wildman–Crippen LogP) is 5.10. The van der Waals surface area contributed by atoms with Crippen LogP contribution in [0.25, 0.3) is 0 Å². The molecule has 0 saturated carbocycles. The van der Waals surface area contributed by atoms with E-state index in [0.717, 1.165) is 34.5 Å². The van der Waals surface area contributed by atoms with Crippen LogP contribution in [0.1, 0.15) is 49.8 Å². The molecule has 0 saturated heterocycles. The van der Waals surface area contributed by atoms with Crippen LogP contribution in [-0.2, 0) is 26.2 Å². The van der Waals surface area contributed by atoms with Gasteiger partial charge in [-0.25, -0.2) is 8.42 Å². The highest BCUT2D eigenvalue weighted by Crippen LogP contribution is 2.28. The van der Waals surface area contributed by atoms with Crippen molar-refractivity contribution in [3.05, 3.63) is 63.1 Å². The number of unbranched alkanes of at least 4 members (excludes halogenated alkanes) is 1. The van der Waals surface area contributed by atoms with E-state index in [2.05, 4.69) is 5.32 Å². The Morgan fingerprint density at radius 2 is 1.69 bits per heavy atom. The number of anilines is 1. The number of carbonyl (C=O) groups excluding carboxylic acids is 2. The summed E-state index contributed by atoms with van der Waals surface area (Å²) in [6.07, 6.45) is 3.14. The number of aryl methyl sites for hydroxylation is 2. The van der Waals surface area contributed by atoms with Crippen molar-refractivity contribution in [1.82, 2.24) is 10.2 Å². The first-order valence-corrected chi connectivity index (χ1v) is 14.6. The molecule has 0 aliphatic heterocycles. The third-order valence-electron chi connectivity index (χ3n) is 5.94. The van der Waals surface area contributed by atoms with Crippen molar-refractivity contribution in [2.24, 2.45) is 0 Å². The second-order valence-electron chi connectivity index (χ2n) is 8.84. The molecule has 2 aromatic carbocycles. The lowest BCUT2D eigenvalue weighted by molar-refractivity contribution is -0.140.